The zero-order valence-electron chi connectivity index (χ0n) is 15.6. The average Bonchev–Trinajstić information content (AvgIpc) is 2.69. The first-order valence-electron chi connectivity index (χ1n) is 9.72. The lowest BCUT2D eigenvalue weighted by molar-refractivity contribution is -0.126. The summed E-state index contributed by atoms with van der Waals surface area (Å²) in [6.45, 7) is 4.18. The fraction of sp³-hybridized carbons (Fsp3) is 0.632. The first-order valence-corrected chi connectivity index (χ1v) is 11.2. The highest BCUT2D eigenvalue weighted by molar-refractivity contribution is 7.89. The van der Waals surface area contributed by atoms with Crippen LogP contribution in [0.1, 0.15) is 32.1 Å². The maximum atomic E-state index is 13.1. The standard InChI is InChI=1S/C19H28FN3O3S/c20-17-6-8-18(9-7-17)27(25,26)23-13-4-5-16(15-23)19(24)21-10-14-22-11-2-1-3-12-22/h6-9,16H,1-5,10-15H2,(H,21,24). The Bertz CT molecular complexity index is 733. The molecule has 1 unspecified atom stereocenters. The number of rotatable bonds is 6. The number of hydrogen-bond acceptors (Lipinski definition) is 4. The van der Waals surface area contributed by atoms with Crippen LogP contribution in [-0.2, 0) is 14.8 Å². The number of sulfonamides is 1. The summed E-state index contributed by atoms with van der Waals surface area (Å²) in [4.78, 5) is 14.9. The number of carbonyl (C=O) groups is 1. The number of nitrogens with zero attached hydrogens (tertiary/aromatic N) is 2. The molecule has 1 atom stereocenters. The zero-order valence-corrected chi connectivity index (χ0v) is 16.4. The minimum atomic E-state index is -3.70. The van der Waals surface area contributed by atoms with Crippen LogP contribution in [0.15, 0.2) is 29.2 Å². The van der Waals surface area contributed by atoms with Gasteiger partial charge in [-0.25, -0.2) is 12.8 Å². The molecular formula is C19H28FN3O3S. The SMILES string of the molecule is O=C(NCCN1CCCCC1)C1CCCN(S(=O)(=O)c2ccc(F)cc2)C1. The van der Waals surface area contributed by atoms with E-state index in [2.05, 4.69) is 10.2 Å². The van der Waals surface area contributed by atoms with E-state index in [0.29, 0.717) is 25.9 Å². The number of benzene rings is 1. The molecule has 0 radical (unpaired) electrons. The summed E-state index contributed by atoms with van der Waals surface area (Å²) >= 11 is 0. The fourth-order valence-electron chi connectivity index (χ4n) is 3.79. The van der Waals surface area contributed by atoms with Gasteiger partial charge in [0.1, 0.15) is 5.82 Å². The molecule has 0 saturated carbocycles. The normalized spacial score (nSPS) is 22.5. The molecule has 0 bridgehead atoms. The monoisotopic (exact) mass is 397 g/mol. The maximum Gasteiger partial charge on any atom is 0.243 e. The Balaban J connectivity index is 1.53. The predicted molar refractivity (Wildman–Crippen MR) is 101 cm³/mol. The summed E-state index contributed by atoms with van der Waals surface area (Å²) in [5, 5.41) is 2.97. The zero-order chi connectivity index (χ0) is 19.3. The number of amides is 1. The summed E-state index contributed by atoms with van der Waals surface area (Å²) in [5.74, 6) is -0.889. The number of hydrogen-bond donors (Lipinski definition) is 1. The predicted octanol–water partition coefficient (Wildman–Crippen LogP) is 1.83. The van der Waals surface area contributed by atoms with Gasteiger partial charge in [-0.2, -0.15) is 4.31 Å². The van der Waals surface area contributed by atoms with E-state index in [0.717, 1.165) is 31.8 Å². The molecule has 2 aliphatic rings. The highest BCUT2D eigenvalue weighted by Gasteiger charge is 2.33. The third-order valence-electron chi connectivity index (χ3n) is 5.38. The van der Waals surface area contributed by atoms with E-state index < -0.39 is 15.8 Å². The highest BCUT2D eigenvalue weighted by Crippen LogP contribution is 2.24. The lowest BCUT2D eigenvalue weighted by Crippen LogP contribution is -2.46. The molecule has 8 heteroatoms. The summed E-state index contributed by atoms with van der Waals surface area (Å²) < 4.78 is 39.9. The molecule has 27 heavy (non-hydrogen) atoms. The van der Waals surface area contributed by atoms with Crippen molar-refractivity contribution >= 4 is 15.9 Å². The molecule has 1 amide bonds. The molecule has 2 fully saturated rings. The van der Waals surface area contributed by atoms with E-state index >= 15 is 0 Å². The van der Waals surface area contributed by atoms with Crippen LogP contribution in [-0.4, -0.2) is 62.8 Å². The second kappa shape index (κ2) is 9.12. The van der Waals surface area contributed by atoms with E-state index in [1.807, 2.05) is 0 Å². The number of carbonyl (C=O) groups excluding carboxylic acids is 1. The number of nitrogens with one attached hydrogen (secondary N) is 1. The molecule has 0 spiro atoms. The second-order valence-electron chi connectivity index (χ2n) is 7.35. The van der Waals surface area contributed by atoms with Crippen molar-refractivity contribution in [2.45, 2.75) is 37.0 Å². The summed E-state index contributed by atoms with van der Waals surface area (Å²) in [6, 6.07) is 4.82. The first-order chi connectivity index (χ1) is 13.0. The number of halogens is 1. The van der Waals surface area contributed by atoms with Crippen molar-refractivity contribution in [2.75, 3.05) is 39.3 Å². The van der Waals surface area contributed by atoms with Crippen LogP contribution < -0.4 is 5.32 Å². The van der Waals surface area contributed by atoms with Crippen LogP contribution in [0.5, 0.6) is 0 Å². The van der Waals surface area contributed by atoms with Crippen molar-refractivity contribution in [3.8, 4) is 0 Å². The molecule has 2 heterocycles. The molecule has 150 valence electrons. The summed E-state index contributed by atoms with van der Waals surface area (Å²) in [5.41, 5.74) is 0. The highest BCUT2D eigenvalue weighted by atomic mass is 32.2. The summed E-state index contributed by atoms with van der Waals surface area (Å²) in [7, 11) is -3.70. The van der Waals surface area contributed by atoms with E-state index in [1.54, 1.807) is 0 Å². The Morgan fingerprint density at radius 3 is 2.48 bits per heavy atom. The van der Waals surface area contributed by atoms with E-state index in [1.165, 1.54) is 35.7 Å². The molecule has 0 aromatic heterocycles. The Morgan fingerprint density at radius 2 is 1.78 bits per heavy atom. The van der Waals surface area contributed by atoms with Gasteiger partial charge in [0.15, 0.2) is 0 Å². The smallest absolute Gasteiger partial charge is 0.243 e. The van der Waals surface area contributed by atoms with Crippen molar-refractivity contribution in [1.82, 2.24) is 14.5 Å². The second-order valence-corrected chi connectivity index (χ2v) is 9.29. The molecular weight excluding hydrogens is 369 g/mol. The lowest BCUT2D eigenvalue weighted by Gasteiger charge is -2.31. The Labute approximate surface area is 160 Å². The summed E-state index contributed by atoms with van der Waals surface area (Å²) in [6.07, 6.45) is 5.04. The van der Waals surface area contributed by atoms with Gasteiger partial charge in [0.05, 0.1) is 10.8 Å². The molecule has 3 rings (SSSR count). The van der Waals surface area contributed by atoms with E-state index in [-0.39, 0.29) is 23.3 Å². The van der Waals surface area contributed by atoms with Gasteiger partial charge in [-0.15, -0.1) is 0 Å². The Morgan fingerprint density at radius 1 is 1.07 bits per heavy atom. The van der Waals surface area contributed by atoms with Crippen molar-refractivity contribution in [2.24, 2.45) is 5.92 Å². The van der Waals surface area contributed by atoms with Gasteiger partial charge >= 0.3 is 0 Å². The number of likely N-dealkylation sites (tertiary alicyclic amines) is 1. The van der Waals surface area contributed by atoms with Gasteiger partial charge in [-0.3, -0.25) is 4.79 Å². The van der Waals surface area contributed by atoms with Crippen LogP contribution >= 0.6 is 0 Å². The Kier molecular flexibility index (Phi) is 6.83. The van der Waals surface area contributed by atoms with Gasteiger partial charge in [-0.1, -0.05) is 6.42 Å². The van der Waals surface area contributed by atoms with Gasteiger partial charge in [0, 0.05) is 26.2 Å². The van der Waals surface area contributed by atoms with Crippen molar-refractivity contribution < 1.29 is 17.6 Å². The topological polar surface area (TPSA) is 69.7 Å². The quantitative estimate of drug-likeness (QED) is 0.795. The third-order valence-corrected chi connectivity index (χ3v) is 7.26. The fourth-order valence-corrected chi connectivity index (χ4v) is 5.32. The Hall–Kier alpha value is -1.51. The van der Waals surface area contributed by atoms with Crippen LogP contribution in [0.4, 0.5) is 4.39 Å². The lowest BCUT2D eigenvalue weighted by atomic mass is 9.99. The van der Waals surface area contributed by atoms with E-state index in [4.69, 9.17) is 0 Å². The van der Waals surface area contributed by atoms with Crippen LogP contribution in [0.3, 0.4) is 0 Å². The molecule has 6 nitrogen and oxygen atoms in total. The minimum Gasteiger partial charge on any atom is -0.355 e. The van der Waals surface area contributed by atoms with Crippen LogP contribution in [0.25, 0.3) is 0 Å². The molecule has 1 aromatic rings. The van der Waals surface area contributed by atoms with Gasteiger partial charge < -0.3 is 10.2 Å². The molecule has 1 aromatic carbocycles. The molecule has 2 aliphatic heterocycles. The van der Waals surface area contributed by atoms with Gasteiger partial charge in [0.2, 0.25) is 15.9 Å². The molecule has 2 saturated heterocycles. The van der Waals surface area contributed by atoms with Gasteiger partial charge in [0.25, 0.3) is 0 Å². The minimum absolute atomic E-state index is 0.0649. The van der Waals surface area contributed by atoms with E-state index in [9.17, 15) is 17.6 Å². The molecule has 1 N–H and O–H groups in total. The van der Waals surface area contributed by atoms with Crippen LogP contribution in [0.2, 0.25) is 0 Å². The first kappa shape index (κ1) is 20.2. The van der Waals surface area contributed by atoms with Crippen molar-refractivity contribution in [1.29, 1.82) is 0 Å². The number of piperidine rings is 2. The van der Waals surface area contributed by atoms with Crippen LogP contribution in [0, 0.1) is 11.7 Å². The van der Waals surface area contributed by atoms with Crippen molar-refractivity contribution in [3.05, 3.63) is 30.1 Å². The third kappa shape index (κ3) is 5.27. The molecule has 0 aliphatic carbocycles. The average molecular weight is 398 g/mol. The van der Waals surface area contributed by atoms with Gasteiger partial charge in [-0.05, 0) is 63.0 Å². The largest absolute Gasteiger partial charge is 0.355 e. The maximum absolute atomic E-state index is 13.1. The van der Waals surface area contributed by atoms with Crippen molar-refractivity contribution in [3.63, 3.8) is 0 Å².